The standard InChI is InChI=1S/C9H16N4O2S/c1-7-11-12-9(13(7)2)5-8-6-16(14,15)4-3-10-8/h8,10H,3-6H2,1-2H3. The molecule has 2 rings (SSSR count). The lowest BCUT2D eigenvalue weighted by Crippen LogP contribution is -2.46. The molecule has 90 valence electrons. The summed E-state index contributed by atoms with van der Waals surface area (Å²) >= 11 is 0. The molecular formula is C9H16N4O2S. The van der Waals surface area contributed by atoms with E-state index in [-0.39, 0.29) is 17.5 Å². The summed E-state index contributed by atoms with van der Waals surface area (Å²) in [7, 11) is -0.987. The predicted octanol–water partition coefficient (Wildman–Crippen LogP) is -0.947. The van der Waals surface area contributed by atoms with Crippen molar-refractivity contribution in [2.75, 3.05) is 18.1 Å². The zero-order chi connectivity index (χ0) is 11.8. The average Bonchev–Trinajstić information content (AvgIpc) is 2.48. The molecule has 1 N–H and O–H groups in total. The first-order chi connectivity index (χ1) is 7.48. The Balaban J connectivity index is 2.08. The van der Waals surface area contributed by atoms with Crippen LogP contribution in [0, 0.1) is 6.92 Å². The lowest BCUT2D eigenvalue weighted by molar-refractivity contribution is 0.503. The van der Waals surface area contributed by atoms with Crippen molar-refractivity contribution in [3.05, 3.63) is 11.6 Å². The van der Waals surface area contributed by atoms with Crippen LogP contribution >= 0.6 is 0 Å². The first kappa shape index (κ1) is 11.5. The number of hydrogen-bond donors (Lipinski definition) is 1. The third kappa shape index (κ3) is 2.41. The Morgan fingerprint density at radius 3 is 2.81 bits per heavy atom. The Morgan fingerprint density at radius 1 is 1.50 bits per heavy atom. The third-order valence-electron chi connectivity index (χ3n) is 2.91. The molecule has 1 aliphatic heterocycles. The van der Waals surface area contributed by atoms with Crippen LogP contribution in [0.5, 0.6) is 0 Å². The molecule has 0 spiro atoms. The van der Waals surface area contributed by atoms with Gasteiger partial charge < -0.3 is 9.88 Å². The van der Waals surface area contributed by atoms with Gasteiger partial charge in [0.2, 0.25) is 0 Å². The Morgan fingerprint density at radius 2 is 2.25 bits per heavy atom. The van der Waals surface area contributed by atoms with Gasteiger partial charge >= 0.3 is 0 Å². The number of nitrogens with zero attached hydrogens (tertiary/aromatic N) is 3. The van der Waals surface area contributed by atoms with Crippen molar-refractivity contribution in [3.8, 4) is 0 Å². The molecule has 0 saturated carbocycles. The summed E-state index contributed by atoms with van der Waals surface area (Å²) in [4.78, 5) is 0. The second-order valence-electron chi connectivity index (χ2n) is 4.19. The van der Waals surface area contributed by atoms with Crippen LogP contribution in [0.3, 0.4) is 0 Å². The fourth-order valence-electron chi connectivity index (χ4n) is 1.85. The maximum absolute atomic E-state index is 11.5. The van der Waals surface area contributed by atoms with E-state index in [1.807, 2.05) is 18.5 Å². The number of aryl methyl sites for hydroxylation is 1. The molecule has 1 unspecified atom stereocenters. The maximum atomic E-state index is 11.5. The predicted molar refractivity (Wildman–Crippen MR) is 59.9 cm³/mol. The van der Waals surface area contributed by atoms with Gasteiger partial charge in [0.15, 0.2) is 9.84 Å². The van der Waals surface area contributed by atoms with Gasteiger partial charge in [-0.15, -0.1) is 10.2 Å². The molecule has 1 aromatic heterocycles. The van der Waals surface area contributed by atoms with Crippen molar-refractivity contribution in [1.29, 1.82) is 0 Å². The highest BCUT2D eigenvalue weighted by molar-refractivity contribution is 7.91. The lowest BCUT2D eigenvalue weighted by Gasteiger charge is -2.23. The molecule has 0 aliphatic carbocycles. The van der Waals surface area contributed by atoms with Gasteiger partial charge in [-0.1, -0.05) is 0 Å². The van der Waals surface area contributed by atoms with Crippen molar-refractivity contribution in [2.24, 2.45) is 7.05 Å². The highest BCUT2D eigenvalue weighted by Gasteiger charge is 2.25. The highest BCUT2D eigenvalue weighted by atomic mass is 32.2. The summed E-state index contributed by atoms with van der Waals surface area (Å²) in [5.74, 6) is 2.10. The molecule has 0 aromatic carbocycles. The molecule has 7 heteroatoms. The molecular weight excluding hydrogens is 228 g/mol. The fourth-order valence-corrected chi connectivity index (χ4v) is 3.29. The minimum absolute atomic E-state index is 0.0407. The van der Waals surface area contributed by atoms with E-state index in [2.05, 4.69) is 15.5 Å². The maximum Gasteiger partial charge on any atom is 0.153 e. The smallest absolute Gasteiger partial charge is 0.153 e. The molecule has 1 aromatic rings. The van der Waals surface area contributed by atoms with E-state index in [0.717, 1.165) is 11.6 Å². The van der Waals surface area contributed by atoms with E-state index < -0.39 is 9.84 Å². The summed E-state index contributed by atoms with van der Waals surface area (Å²) in [6.45, 7) is 2.41. The Kier molecular flexibility index (Phi) is 2.98. The minimum atomic E-state index is -2.88. The number of rotatable bonds is 2. The first-order valence-electron chi connectivity index (χ1n) is 5.26. The van der Waals surface area contributed by atoms with Gasteiger partial charge in [-0.3, -0.25) is 0 Å². The molecule has 1 aliphatic rings. The second-order valence-corrected chi connectivity index (χ2v) is 6.42. The van der Waals surface area contributed by atoms with Crippen LogP contribution < -0.4 is 5.32 Å². The fraction of sp³-hybridized carbons (Fsp3) is 0.778. The van der Waals surface area contributed by atoms with E-state index in [1.165, 1.54) is 0 Å². The molecule has 1 atom stereocenters. The van der Waals surface area contributed by atoms with Crippen LogP contribution in [0.25, 0.3) is 0 Å². The highest BCUT2D eigenvalue weighted by Crippen LogP contribution is 2.07. The van der Waals surface area contributed by atoms with Crippen LogP contribution in [0.2, 0.25) is 0 Å². The molecule has 16 heavy (non-hydrogen) atoms. The summed E-state index contributed by atoms with van der Waals surface area (Å²) in [5.41, 5.74) is 0. The summed E-state index contributed by atoms with van der Waals surface area (Å²) in [6.07, 6.45) is 0.608. The van der Waals surface area contributed by atoms with Gasteiger partial charge in [-0.2, -0.15) is 0 Å². The Hall–Kier alpha value is -0.950. The summed E-state index contributed by atoms with van der Waals surface area (Å²) < 4.78 is 24.8. The topological polar surface area (TPSA) is 76.9 Å². The Labute approximate surface area is 95.0 Å². The number of hydrogen-bond acceptors (Lipinski definition) is 5. The summed E-state index contributed by atoms with van der Waals surface area (Å²) in [5, 5.41) is 11.2. The van der Waals surface area contributed by atoms with Crippen LogP contribution in [0.4, 0.5) is 0 Å². The van der Waals surface area contributed by atoms with Gasteiger partial charge in [0.05, 0.1) is 11.5 Å². The van der Waals surface area contributed by atoms with Crippen LogP contribution in [0.15, 0.2) is 0 Å². The van der Waals surface area contributed by atoms with Gasteiger partial charge in [0, 0.05) is 26.1 Å². The zero-order valence-electron chi connectivity index (χ0n) is 9.47. The van der Waals surface area contributed by atoms with E-state index in [4.69, 9.17) is 0 Å². The van der Waals surface area contributed by atoms with Gasteiger partial charge in [0.25, 0.3) is 0 Å². The molecule has 0 radical (unpaired) electrons. The van der Waals surface area contributed by atoms with Crippen molar-refractivity contribution in [1.82, 2.24) is 20.1 Å². The second kappa shape index (κ2) is 4.14. The minimum Gasteiger partial charge on any atom is -0.318 e. The monoisotopic (exact) mass is 244 g/mol. The van der Waals surface area contributed by atoms with E-state index in [0.29, 0.717) is 13.0 Å². The summed E-state index contributed by atoms with van der Waals surface area (Å²) in [6, 6.07) is -0.0407. The van der Waals surface area contributed by atoms with Crippen LogP contribution in [-0.4, -0.2) is 47.3 Å². The lowest BCUT2D eigenvalue weighted by atomic mass is 10.2. The average molecular weight is 244 g/mol. The van der Waals surface area contributed by atoms with Gasteiger partial charge in [-0.05, 0) is 6.92 Å². The zero-order valence-corrected chi connectivity index (χ0v) is 10.3. The first-order valence-corrected chi connectivity index (χ1v) is 7.09. The molecule has 1 fully saturated rings. The van der Waals surface area contributed by atoms with Crippen LogP contribution in [-0.2, 0) is 23.3 Å². The molecule has 6 nitrogen and oxygen atoms in total. The largest absolute Gasteiger partial charge is 0.318 e. The van der Waals surface area contributed by atoms with E-state index in [9.17, 15) is 8.42 Å². The van der Waals surface area contributed by atoms with Gasteiger partial charge in [0.1, 0.15) is 11.6 Å². The van der Waals surface area contributed by atoms with Crippen molar-refractivity contribution in [2.45, 2.75) is 19.4 Å². The number of nitrogens with one attached hydrogen (secondary N) is 1. The molecule has 0 amide bonds. The quantitative estimate of drug-likeness (QED) is 0.726. The number of sulfone groups is 1. The third-order valence-corrected chi connectivity index (χ3v) is 4.65. The normalized spacial score (nSPS) is 24.5. The van der Waals surface area contributed by atoms with Crippen LogP contribution in [0.1, 0.15) is 11.6 Å². The Bertz CT molecular complexity index is 480. The molecule has 2 heterocycles. The van der Waals surface area contributed by atoms with Gasteiger partial charge in [-0.25, -0.2) is 8.42 Å². The molecule has 1 saturated heterocycles. The van der Waals surface area contributed by atoms with Crippen molar-refractivity contribution in [3.63, 3.8) is 0 Å². The van der Waals surface area contributed by atoms with Crippen molar-refractivity contribution >= 4 is 9.84 Å². The van der Waals surface area contributed by atoms with Crippen molar-refractivity contribution < 1.29 is 8.42 Å². The number of aromatic nitrogens is 3. The molecule has 0 bridgehead atoms. The SMILES string of the molecule is Cc1nnc(CC2CS(=O)(=O)CCN2)n1C. The van der Waals surface area contributed by atoms with E-state index >= 15 is 0 Å². The van der Waals surface area contributed by atoms with E-state index in [1.54, 1.807) is 0 Å².